The van der Waals surface area contributed by atoms with Gasteiger partial charge in [0, 0.05) is 37.4 Å². The molecule has 0 aliphatic carbocycles. The molecule has 0 aromatic heterocycles. The van der Waals surface area contributed by atoms with Crippen molar-refractivity contribution < 1.29 is 22.7 Å². The number of aliphatic hydroxyl groups excluding tert-OH is 1. The van der Waals surface area contributed by atoms with Crippen LogP contribution in [0.2, 0.25) is 0 Å². The van der Waals surface area contributed by atoms with Gasteiger partial charge in [0.05, 0.1) is 12.6 Å². The molecular formula is C14H18F4N2O. The molecule has 1 heterocycles. The summed E-state index contributed by atoms with van der Waals surface area (Å²) in [6.45, 7) is 1.82. The highest BCUT2D eigenvalue weighted by molar-refractivity contribution is 5.55. The van der Waals surface area contributed by atoms with E-state index in [9.17, 15) is 22.7 Å². The Balaban J connectivity index is 2.08. The van der Waals surface area contributed by atoms with Crippen molar-refractivity contribution in [1.29, 1.82) is 0 Å². The maximum Gasteiger partial charge on any atom is 0.401 e. The molecule has 1 aliphatic rings. The smallest absolute Gasteiger partial charge is 0.389 e. The molecule has 0 bridgehead atoms. The van der Waals surface area contributed by atoms with Crippen LogP contribution in [-0.4, -0.2) is 48.9 Å². The van der Waals surface area contributed by atoms with Gasteiger partial charge in [0.15, 0.2) is 0 Å². The largest absolute Gasteiger partial charge is 0.401 e. The summed E-state index contributed by atoms with van der Waals surface area (Å²) < 4.78 is 50.8. The summed E-state index contributed by atoms with van der Waals surface area (Å²) in [6, 6.07) is 4.49. The molecule has 1 fully saturated rings. The highest BCUT2D eigenvalue weighted by Gasteiger charge is 2.32. The molecule has 0 amide bonds. The molecule has 1 N–H and O–H groups in total. The summed E-state index contributed by atoms with van der Waals surface area (Å²) >= 11 is 0. The van der Waals surface area contributed by atoms with Crippen LogP contribution in [0.15, 0.2) is 18.2 Å². The Morgan fingerprint density at radius 2 is 1.81 bits per heavy atom. The third kappa shape index (κ3) is 4.07. The van der Waals surface area contributed by atoms with Gasteiger partial charge in [-0.15, -0.1) is 0 Å². The molecule has 1 atom stereocenters. The van der Waals surface area contributed by atoms with Gasteiger partial charge < -0.3 is 10.0 Å². The van der Waals surface area contributed by atoms with E-state index >= 15 is 0 Å². The summed E-state index contributed by atoms with van der Waals surface area (Å²) in [6.07, 6.45) is -5.17. The number of rotatable bonds is 3. The number of alkyl halides is 3. The van der Waals surface area contributed by atoms with Crippen molar-refractivity contribution in [2.45, 2.75) is 19.2 Å². The zero-order valence-corrected chi connectivity index (χ0v) is 11.7. The molecule has 0 spiro atoms. The number of hydrogen-bond acceptors (Lipinski definition) is 3. The van der Waals surface area contributed by atoms with Gasteiger partial charge in [0.25, 0.3) is 0 Å². The van der Waals surface area contributed by atoms with E-state index in [0.717, 1.165) is 0 Å². The van der Waals surface area contributed by atoms with Gasteiger partial charge in [-0.1, -0.05) is 6.07 Å². The lowest BCUT2D eigenvalue weighted by atomic mass is 10.1. The average molecular weight is 306 g/mol. The number of nitrogens with zero attached hydrogens (tertiary/aromatic N) is 2. The van der Waals surface area contributed by atoms with E-state index in [1.807, 2.05) is 4.90 Å². The quantitative estimate of drug-likeness (QED) is 0.870. The lowest BCUT2D eigenvalue weighted by Gasteiger charge is -2.37. The van der Waals surface area contributed by atoms with Gasteiger partial charge in [-0.2, -0.15) is 13.2 Å². The van der Waals surface area contributed by atoms with Gasteiger partial charge in [-0.05, 0) is 19.1 Å². The topological polar surface area (TPSA) is 26.7 Å². The Morgan fingerprint density at radius 3 is 2.33 bits per heavy atom. The fourth-order valence-corrected chi connectivity index (χ4v) is 2.62. The molecule has 7 heteroatoms. The normalized spacial score (nSPS) is 18.9. The minimum atomic E-state index is -4.20. The lowest BCUT2D eigenvalue weighted by molar-refractivity contribution is -0.146. The van der Waals surface area contributed by atoms with Crippen LogP contribution in [-0.2, 0) is 0 Å². The number of hydrogen-bond donors (Lipinski definition) is 1. The molecule has 1 aliphatic heterocycles. The third-order valence-corrected chi connectivity index (χ3v) is 3.56. The van der Waals surface area contributed by atoms with E-state index < -0.39 is 24.6 Å². The molecule has 2 rings (SSSR count). The van der Waals surface area contributed by atoms with Crippen molar-refractivity contribution in [2.75, 3.05) is 37.6 Å². The highest BCUT2D eigenvalue weighted by Crippen LogP contribution is 2.30. The predicted octanol–water partition coefficient (Wildman–Crippen LogP) is 2.56. The Hall–Kier alpha value is -1.34. The van der Waals surface area contributed by atoms with Gasteiger partial charge in [-0.3, -0.25) is 4.90 Å². The van der Waals surface area contributed by atoms with E-state index in [4.69, 9.17) is 0 Å². The molecule has 1 aromatic carbocycles. The van der Waals surface area contributed by atoms with Crippen LogP contribution < -0.4 is 4.90 Å². The predicted molar refractivity (Wildman–Crippen MR) is 71.7 cm³/mol. The van der Waals surface area contributed by atoms with Crippen LogP contribution in [0.5, 0.6) is 0 Å². The van der Waals surface area contributed by atoms with Crippen molar-refractivity contribution >= 4 is 5.69 Å². The monoisotopic (exact) mass is 306 g/mol. The van der Waals surface area contributed by atoms with Crippen LogP contribution in [0.4, 0.5) is 23.2 Å². The summed E-state index contributed by atoms with van der Waals surface area (Å²) in [5, 5.41) is 9.70. The number of piperazine rings is 1. The molecule has 1 unspecified atom stereocenters. The summed E-state index contributed by atoms with van der Waals surface area (Å²) in [7, 11) is 0. The third-order valence-electron chi connectivity index (χ3n) is 3.56. The van der Waals surface area contributed by atoms with Crippen LogP contribution in [0.25, 0.3) is 0 Å². The second-order valence-corrected chi connectivity index (χ2v) is 5.23. The van der Waals surface area contributed by atoms with Crippen molar-refractivity contribution in [2.24, 2.45) is 0 Å². The average Bonchev–Trinajstić information content (AvgIpc) is 2.37. The van der Waals surface area contributed by atoms with E-state index in [1.54, 1.807) is 12.1 Å². The second-order valence-electron chi connectivity index (χ2n) is 5.23. The number of aliphatic hydroxyl groups is 1. The summed E-state index contributed by atoms with van der Waals surface area (Å²) in [4.78, 5) is 3.15. The first kappa shape index (κ1) is 16.0. The Kier molecular flexibility index (Phi) is 4.73. The van der Waals surface area contributed by atoms with Crippen LogP contribution in [0.1, 0.15) is 18.6 Å². The van der Waals surface area contributed by atoms with E-state index in [1.165, 1.54) is 17.9 Å². The van der Waals surface area contributed by atoms with Gasteiger partial charge >= 0.3 is 6.18 Å². The molecule has 1 aromatic rings. The molecule has 3 nitrogen and oxygen atoms in total. The summed E-state index contributed by atoms with van der Waals surface area (Å²) in [5.74, 6) is -0.500. The van der Waals surface area contributed by atoms with Gasteiger partial charge in [-0.25, -0.2) is 4.39 Å². The van der Waals surface area contributed by atoms with Crippen molar-refractivity contribution in [3.8, 4) is 0 Å². The molecular weight excluding hydrogens is 288 g/mol. The Morgan fingerprint density at radius 1 is 1.19 bits per heavy atom. The van der Waals surface area contributed by atoms with Crippen molar-refractivity contribution in [3.63, 3.8) is 0 Å². The SMILES string of the molecule is CC(O)c1c(F)cccc1N1CCN(CC(F)(F)F)CC1. The highest BCUT2D eigenvalue weighted by atomic mass is 19.4. The van der Waals surface area contributed by atoms with E-state index in [0.29, 0.717) is 18.8 Å². The first-order valence-electron chi connectivity index (χ1n) is 6.78. The van der Waals surface area contributed by atoms with Gasteiger partial charge in [0.1, 0.15) is 5.82 Å². The Bertz CT molecular complexity index is 482. The zero-order valence-electron chi connectivity index (χ0n) is 11.7. The van der Waals surface area contributed by atoms with Gasteiger partial charge in [0.2, 0.25) is 0 Å². The second kappa shape index (κ2) is 6.19. The first-order valence-corrected chi connectivity index (χ1v) is 6.78. The molecule has 118 valence electrons. The van der Waals surface area contributed by atoms with Crippen molar-refractivity contribution in [3.05, 3.63) is 29.6 Å². The molecule has 0 radical (unpaired) electrons. The van der Waals surface area contributed by atoms with Crippen molar-refractivity contribution in [1.82, 2.24) is 4.90 Å². The molecule has 1 saturated heterocycles. The molecule has 0 saturated carbocycles. The van der Waals surface area contributed by atoms with Crippen LogP contribution >= 0.6 is 0 Å². The number of halogens is 4. The number of benzene rings is 1. The lowest BCUT2D eigenvalue weighted by Crippen LogP contribution is -2.49. The Labute approximate surface area is 120 Å². The summed E-state index contributed by atoms with van der Waals surface area (Å²) in [5.41, 5.74) is 0.749. The van der Waals surface area contributed by atoms with E-state index in [2.05, 4.69) is 0 Å². The minimum Gasteiger partial charge on any atom is -0.389 e. The standard InChI is InChI=1S/C14H18F4N2O/c1-10(21)13-11(15)3-2-4-12(13)20-7-5-19(6-8-20)9-14(16,17)18/h2-4,10,21H,5-9H2,1H3. The number of anilines is 1. The van der Waals surface area contributed by atoms with Crippen LogP contribution in [0.3, 0.4) is 0 Å². The first-order chi connectivity index (χ1) is 9.78. The maximum absolute atomic E-state index is 13.8. The fraction of sp³-hybridized carbons (Fsp3) is 0.571. The zero-order chi connectivity index (χ0) is 15.6. The fourth-order valence-electron chi connectivity index (χ4n) is 2.62. The minimum absolute atomic E-state index is 0.196. The maximum atomic E-state index is 13.8. The molecule has 21 heavy (non-hydrogen) atoms. The van der Waals surface area contributed by atoms with E-state index in [-0.39, 0.29) is 18.7 Å². The van der Waals surface area contributed by atoms with Crippen LogP contribution in [0, 0.1) is 5.82 Å².